The van der Waals surface area contributed by atoms with Crippen LogP contribution in [0.2, 0.25) is 0 Å². The van der Waals surface area contributed by atoms with E-state index in [2.05, 4.69) is 10.1 Å². The number of esters is 1. The van der Waals surface area contributed by atoms with Gasteiger partial charge in [0.1, 0.15) is 5.75 Å². The first-order valence-electron chi connectivity index (χ1n) is 5.78. The maximum absolute atomic E-state index is 10.9. The van der Waals surface area contributed by atoms with E-state index in [1.807, 2.05) is 31.2 Å². The minimum Gasteiger partial charge on any atom is -0.482 e. The van der Waals surface area contributed by atoms with Crippen LogP contribution in [0.1, 0.15) is 12.5 Å². The fourth-order valence-corrected chi connectivity index (χ4v) is 1.50. The highest BCUT2D eigenvalue weighted by molar-refractivity contribution is 5.70. The molecule has 2 N–H and O–H groups in total. The van der Waals surface area contributed by atoms with E-state index in [9.17, 15) is 4.79 Å². The van der Waals surface area contributed by atoms with Crippen LogP contribution in [0.3, 0.4) is 0 Å². The van der Waals surface area contributed by atoms with Gasteiger partial charge in [0.05, 0.1) is 13.8 Å². The molecule has 0 fully saturated rings. The van der Waals surface area contributed by atoms with E-state index in [4.69, 9.17) is 9.84 Å². The summed E-state index contributed by atoms with van der Waals surface area (Å²) in [6.07, 6.45) is 0.817. The van der Waals surface area contributed by atoms with E-state index in [0.29, 0.717) is 5.75 Å². The summed E-state index contributed by atoms with van der Waals surface area (Å²) in [5.74, 6) is 0.228. The molecular formula is C13H19NO4. The Balaban J connectivity index is 2.44. The normalized spacial score (nSPS) is 11.9. The molecule has 0 aliphatic carbocycles. The van der Waals surface area contributed by atoms with Gasteiger partial charge in [-0.3, -0.25) is 5.32 Å². The van der Waals surface area contributed by atoms with Crippen molar-refractivity contribution < 1.29 is 19.4 Å². The van der Waals surface area contributed by atoms with Gasteiger partial charge in [-0.15, -0.1) is 0 Å². The van der Waals surface area contributed by atoms with Crippen molar-refractivity contribution in [1.29, 1.82) is 0 Å². The molecule has 0 saturated heterocycles. The monoisotopic (exact) mass is 253 g/mol. The number of aliphatic hydroxyl groups is 1. The van der Waals surface area contributed by atoms with Gasteiger partial charge in [-0.25, -0.2) is 4.79 Å². The van der Waals surface area contributed by atoms with Gasteiger partial charge in [0.15, 0.2) is 6.61 Å². The van der Waals surface area contributed by atoms with Crippen molar-refractivity contribution in [1.82, 2.24) is 5.32 Å². The molecule has 1 aromatic carbocycles. The molecule has 1 atom stereocenters. The Morgan fingerprint density at radius 2 is 2.06 bits per heavy atom. The van der Waals surface area contributed by atoms with Crippen molar-refractivity contribution in [3.63, 3.8) is 0 Å². The second kappa shape index (κ2) is 7.68. The molecule has 0 aliphatic rings. The van der Waals surface area contributed by atoms with Crippen LogP contribution in [0.15, 0.2) is 24.3 Å². The third-order valence-electron chi connectivity index (χ3n) is 2.49. The van der Waals surface area contributed by atoms with Crippen LogP contribution in [0.5, 0.6) is 5.75 Å². The summed E-state index contributed by atoms with van der Waals surface area (Å²) in [6, 6.07) is 7.69. The summed E-state index contributed by atoms with van der Waals surface area (Å²) in [5, 5.41) is 11.6. The highest BCUT2D eigenvalue weighted by Crippen LogP contribution is 2.13. The van der Waals surface area contributed by atoms with Crippen LogP contribution < -0.4 is 10.1 Å². The zero-order valence-electron chi connectivity index (χ0n) is 10.7. The number of ether oxygens (including phenoxy) is 2. The molecule has 0 radical (unpaired) electrons. The molecule has 5 heteroatoms. The van der Waals surface area contributed by atoms with Crippen LogP contribution in [0, 0.1) is 0 Å². The van der Waals surface area contributed by atoms with Gasteiger partial charge >= 0.3 is 5.97 Å². The van der Waals surface area contributed by atoms with Gasteiger partial charge in [-0.2, -0.15) is 0 Å². The summed E-state index contributed by atoms with van der Waals surface area (Å²) < 4.78 is 9.72. The van der Waals surface area contributed by atoms with Crippen molar-refractivity contribution in [3.8, 4) is 5.75 Å². The zero-order chi connectivity index (χ0) is 13.4. The standard InChI is InChI=1S/C13H19NO4/c1-10(14-9-15)7-11-3-5-12(6-4-11)18-8-13(16)17-2/h3-6,10,14-15H,7-9H2,1-2H3. The van der Waals surface area contributed by atoms with Gasteiger partial charge in [-0.05, 0) is 31.0 Å². The Morgan fingerprint density at radius 1 is 1.39 bits per heavy atom. The number of rotatable bonds is 7. The Labute approximate surface area is 107 Å². The average Bonchev–Trinajstić information content (AvgIpc) is 2.37. The third-order valence-corrected chi connectivity index (χ3v) is 2.49. The van der Waals surface area contributed by atoms with Crippen LogP contribution in [0.4, 0.5) is 0 Å². The Hall–Kier alpha value is -1.59. The number of hydrogen-bond acceptors (Lipinski definition) is 5. The quantitative estimate of drug-likeness (QED) is 0.553. The molecule has 1 unspecified atom stereocenters. The van der Waals surface area contributed by atoms with Crippen molar-refractivity contribution in [3.05, 3.63) is 29.8 Å². The third kappa shape index (κ3) is 5.16. The Bertz CT molecular complexity index is 364. The number of carbonyl (C=O) groups is 1. The van der Waals surface area contributed by atoms with Crippen molar-refractivity contribution in [2.45, 2.75) is 19.4 Å². The van der Waals surface area contributed by atoms with Crippen LogP contribution in [-0.2, 0) is 16.0 Å². The average molecular weight is 253 g/mol. The maximum atomic E-state index is 10.9. The highest BCUT2D eigenvalue weighted by Gasteiger charge is 2.04. The van der Waals surface area contributed by atoms with E-state index in [-0.39, 0.29) is 19.4 Å². The lowest BCUT2D eigenvalue weighted by Crippen LogP contribution is -2.28. The molecule has 100 valence electrons. The minimum atomic E-state index is -0.403. The zero-order valence-corrected chi connectivity index (χ0v) is 10.7. The number of carbonyl (C=O) groups excluding carboxylic acids is 1. The molecule has 0 heterocycles. The molecule has 18 heavy (non-hydrogen) atoms. The lowest BCUT2D eigenvalue weighted by atomic mass is 10.1. The Morgan fingerprint density at radius 3 is 2.61 bits per heavy atom. The summed E-state index contributed by atoms with van der Waals surface area (Å²) in [5.41, 5.74) is 1.13. The highest BCUT2D eigenvalue weighted by atomic mass is 16.6. The molecule has 1 rings (SSSR count). The van der Waals surface area contributed by atoms with E-state index < -0.39 is 5.97 Å². The van der Waals surface area contributed by atoms with E-state index >= 15 is 0 Å². The molecule has 0 bridgehead atoms. The number of aliphatic hydroxyl groups excluding tert-OH is 1. The number of methoxy groups -OCH3 is 1. The molecule has 0 aliphatic heterocycles. The predicted octanol–water partition coefficient (Wildman–Crippen LogP) is 0.709. The lowest BCUT2D eigenvalue weighted by molar-refractivity contribution is -0.142. The van der Waals surface area contributed by atoms with Gasteiger partial charge in [0.2, 0.25) is 0 Å². The molecule has 0 spiro atoms. The molecule has 0 aromatic heterocycles. The minimum absolute atomic E-state index is 0.0263. The van der Waals surface area contributed by atoms with Crippen LogP contribution >= 0.6 is 0 Å². The molecule has 0 amide bonds. The van der Waals surface area contributed by atoms with E-state index in [1.54, 1.807) is 0 Å². The second-order valence-corrected chi connectivity index (χ2v) is 3.98. The topological polar surface area (TPSA) is 67.8 Å². The van der Waals surface area contributed by atoms with E-state index in [0.717, 1.165) is 12.0 Å². The smallest absolute Gasteiger partial charge is 0.343 e. The number of benzene rings is 1. The van der Waals surface area contributed by atoms with Crippen LogP contribution in [0.25, 0.3) is 0 Å². The number of nitrogens with one attached hydrogen (secondary N) is 1. The summed E-state index contributed by atoms with van der Waals surface area (Å²) in [4.78, 5) is 10.9. The molecule has 0 saturated carbocycles. The largest absolute Gasteiger partial charge is 0.482 e. The van der Waals surface area contributed by atoms with E-state index in [1.165, 1.54) is 7.11 Å². The second-order valence-electron chi connectivity index (χ2n) is 3.98. The fourth-order valence-electron chi connectivity index (χ4n) is 1.50. The molecule has 1 aromatic rings. The van der Waals surface area contributed by atoms with Gasteiger partial charge < -0.3 is 14.6 Å². The van der Waals surface area contributed by atoms with Gasteiger partial charge in [0, 0.05) is 6.04 Å². The summed E-state index contributed by atoms with van der Waals surface area (Å²) in [7, 11) is 1.32. The predicted molar refractivity (Wildman–Crippen MR) is 67.3 cm³/mol. The first kappa shape index (κ1) is 14.5. The lowest BCUT2D eigenvalue weighted by Gasteiger charge is -2.12. The molecular weight excluding hydrogens is 234 g/mol. The molecule has 5 nitrogen and oxygen atoms in total. The van der Waals surface area contributed by atoms with Crippen molar-refractivity contribution >= 4 is 5.97 Å². The number of hydrogen-bond donors (Lipinski definition) is 2. The Kier molecular flexibility index (Phi) is 6.18. The first-order chi connectivity index (χ1) is 8.65. The van der Waals surface area contributed by atoms with Gasteiger partial charge in [-0.1, -0.05) is 12.1 Å². The van der Waals surface area contributed by atoms with Crippen LogP contribution in [-0.4, -0.2) is 37.6 Å². The van der Waals surface area contributed by atoms with Gasteiger partial charge in [0.25, 0.3) is 0 Å². The first-order valence-corrected chi connectivity index (χ1v) is 5.78. The maximum Gasteiger partial charge on any atom is 0.343 e. The summed E-state index contributed by atoms with van der Waals surface area (Å²) in [6.45, 7) is 1.89. The van der Waals surface area contributed by atoms with Crippen molar-refractivity contribution in [2.24, 2.45) is 0 Å². The van der Waals surface area contributed by atoms with Crippen molar-refractivity contribution in [2.75, 3.05) is 20.4 Å². The SMILES string of the molecule is COC(=O)COc1ccc(CC(C)NCO)cc1. The fraction of sp³-hybridized carbons (Fsp3) is 0.462. The summed E-state index contributed by atoms with van der Waals surface area (Å²) >= 11 is 0.